The van der Waals surface area contributed by atoms with Crippen LogP contribution in [0.4, 0.5) is 14.9 Å². The summed E-state index contributed by atoms with van der Waals surface area (Å²) in [4.78, 5) is 21.5. The summed E-state index contributed by atoms with van der Waals surface area (Å²) in [6, 6.07) is 2.46. The van der Waals surface area contributed by atoms with Gasteiger partial charge in [-0.25, -0.2) is 17.6 Å². The lowest BCUT2D eigenvalue weighted by Crippen LogP contribution is -2.41. The van der Waals surface area contributed by atoms with Crippen LogP contribution in [-0.4, -0.2) is 62.7 Å². The van der Waals surface area contributed by atoms with Crippen molar-refractivity contribution >= 4 is 27.7 Å². The van der Waals surface area contributed by atoms with Gasteiger partial charge < -0.3 is 20.5 Å². The predicted octanol–water partition coefficient (Wildman–Crippen LogP) is 0.443. The molecule has 0 radical (unpaired) electrons. The second kappa shape index (κ2) is 8.23. The Morgan fingerprint density at radius 1 is 1.28 bits per heavy atom. The number of nitrogens with zero attached hydrogens (tertiary/aromatic N) is 1. The van der Waals surface area contributed by atoms with E-state index < -0.39 is 32.7 Å². The van der Waals surface area contributed by atoms with Crippen LogP contribution in [-0.2, 0) is 19.6 Å². The average Bonchev–Trinajstić information content (AvgIpc) is 2.57. The molecule has 25 heavy (non-hydrogen) atoms. The zero-order valence-electron chi connectivity index (χ0n) is 13.2. The van der Waals surface area contributed by atoms with Gasteiger partial charge in [-0.05, 0) is 18.2 Å². The summed E-state index contributed by atoms with van der Waals surface area (Å²) < 4.78 is 45.3. The Bertz CT molecular complexity index is 749. The molecule has 1 aliphatic rings. The summed E-state index contributed by atoms with van der Waals surface area (Å²) in [5.74, 6) is -2.00. The van der Waals surface area contributed by atoms with Gasteiger partial charge in [-0.1, -0.05) is 0 Å². The van der Waals surface area contributed by atoms with Crippen molar-refractivity contribution in [2.75, 3.05) is 38.2 Å². The van der Waals surface area contributed by atoms with Crippen LogP contribution in [0, 0.1) is 5.82 Å². The molecular weight excluding hydrogens is 357 g/mol. The lowest BCUT2D eigenvalue weighted by molar-refractivity contribution is -0.136. The summed E-state index contributed by atoms with van der Waals surface area (Å²) in [5, 5.41) is 13.1. The molecule has 2 rings (SSSR count). The maximum Gasteiger partial charge on any atom is 0.319 e. The molecule has 0 atom stereocenters. The number of ether oxygens (including phenoxy) is 1. The largest absolute Gasteiger partial charge is 0.481 e. The fraction of sp³-hybridized carbons (Fsp3) is 0.429. The third-order valence-corrected chi connectivity index (χ3v) is 5.32. The molecule has 0 saturated carbocycles. The van der Waals surface area contributed by atoms with E-state index in [1.807, 2.05) is 0 Å². The molecule has 0 aromatic heterocycles. The van der Waals surface area contributed by atoms with Crippen molar-refractivity contribution < 1.29 is 32.2 Å². The molecule has 1 fully saturated rings. The van der Waals surface area contributed by atoms with Crippen LogP contribution in [0.3, 0.4) is 0 Å². The molecule has 3 N–H and O–H groups in total. The molecule has 1 aromatic rings. The number of aliphatic carboxylic acids is 1. The molecule has 1 aromatic carbocycles. The van der Waals surface area contributed by atoms with E-state index in [4.69, 9.17) is 9.84 Å². The first-order valence-corrected chi connectivity index (χ1v) is 8.89. The maximum atomic E-state index is 14.0. The SMILES string of the molecule is O=C(O)CCNC(=O)Nc1ccc(F)c(S(=O)(=O)N2CCOCC2)c1. The fourth-order valence-corrected chi connectivity index (χ4v) is 3.66. The van der Waals surface area contributed by atoms with E-state index in [-0.39, 0.29) is 45.0 Å². The van der Waals surface area contributed by atoms with Gasteiger partial charge in [0.05, 0.1) is 19.6 Å². The number of carbonyl (C=O) groups excluding carboxylic acids is 1. The van der Waals surface area contributed by atoms with Crippen LogP contribution in [0.15, 0.2) is 23.1 Å². The van der Waals surface area contributed by atoms with E-state index in [9.17, 15) is 22.4 Å². The van der Waals surface area contributed by atoms with Gasteiger partial charge in [0.1, 0.15) is 10.7 Å². The monoisotopic (exact) mass is 375 g/mol. The number of halogens is 1. The van der Waals surface area contributed by atoms with Crippen molar-refractivity contribution in [1.29, 1.82) is 0 Å². The normalized spacial score (nSPS) is 15.6. The quantitative estimate of drug-likeness (QED) is 0.663. The highest BCUT2D eigenvalue weighted by Gasteiger charge is 2.29. The van der Waals surface area contributed by atoms with E-state index in [1.54, 1.807) is 0 Å². The molecule has 138 valence electrons. The first kappa shape index (κ1) is 19.1. The van der Waals surface area contributed by atoms with E-state index in [1.165, 1.54) is 6.07 Å². The van der Waals surface area contributed by atoms with Gasteiger partial charge in [0.25, 0.3) is 0 Å². The summed E-state index contributed by atoms with van der Waals surface area (Å²) >= 11 is 0. The highest BCUT2D eigenvalue weighted by atomic mass is 32.2. The van der Waals surface area contributed by atoms with Gasteiger partial charge in [0, 0.05) is 25.3 Å². The number of benzene rings is 1. The van der Waals surface area contributed by atoms with Crippen LogP contribution in [0.25, 0.3) is 0 Å². The summed E-state index contributed by atoms with van der Waals surface area (Å²) in [6.07, 6.45) is -0.256. The number of sulfonamides is 1. The second-order valence-corrected chi connectivity index (χ2v) is 7.09. The molecule has 11 heteroatoms. The molecule has 2 amide bonds. The van der Waals surface area contributed by atoms with Gasteiger partial charge in [-0.15, -0.1) is 0 Å². The fourth-order valence-electron chi connectivity index (χ4n) is 2.16. The molecule has 0 bridgehead atoms. The Morgan fingerprint density at radius 3 is 2.60 bits per heavy atom. The number of rotatable bonds is 6. The molecule has 0 unspecified atom stereocenters. The maximum absolute atomic E-state index is 14.0. The zero-order valence-corrected chi connectivity index (χ0v) is 14.0. The number of nitrogens with one attached hydrogen (secondary N) is 2. The minimum atomic E-state index is -4.05. The van der Waals surface area contributed by atoms with Crippen LogP contribution < -0.4 is 10.6 Å². The van der Waals surface area contributed by atoms with E-state index >= 15 is 0 Å². The van der Waals surface area contributed by atoms with Crippen LogP contribution in [0.1, 0.15) is 6.42 Å². The first-order valence-electron chi connectivity index (χ1n) is 7.45. The van der Waals surface area contributed by atoms with Gasteiger partial charge in [0.2, 0.25) is 10.0 Å². The molecule has 0 spiro atoms. The Kier molecular flexibility index (Phi) is 6.28. The Morgan fingerprint density at radius 2 is 1.96 bits per heavy atom. The van der Waals surface area contributed by atoms with Gasteiger partial charge in [0.15, 0.2) is 0 Å². The van der Waals surface area contributed by atoms with Crippen molar-refractivity contribution in [2.24, 2.45) is 0 Å². The summed E-state index contributed by atoms with van der Waals surface area (Å²) in [5.41, 5.74) is 0.0704. The number of carbonyl (C=O) groups is 2. The predicted molar refractivity (Wildman–Crippen MR) is 85.3 cm³/mol. The highest BCUT2D eigenvalue weighted by molar-refractivity contribution is 7.89. The molecule has 9 nitrogen and oxygen atoms in total. The molecule has 1 aliphatic heterocycles. The average molecular weight is 375 g/mol. The highest BCUT2D eigenvalue weighted by Crippen LogP contribution is 2.23. The Hall–Kier alpha value is -2.24. The summed E-state index contributed by atoms with van der Waals surface area (Å²) in [6.45, 7) is 0.598. The number of hydrogen-bond donors (Lipinski definition) is 3. The van der Waals surface area contributed by atoms with E-state index in [2.05, 4.69) is 10.6 Å². The lowest BCUT2D eigenvalue weighted by Gasteiger charge is -2.26. The van der Waals surface area contributed by atoms with Crippen LogP contribution in [0.5, 0.6) is 0 Å². The molecule has 1 saturated heterocycles. The first-order chi connectivity index (χ1) is 11.8. The van der Waals surface area contributed by atoms with Crippen molar-refractivity contribution in [2.45, 2.75) is 11.3 Å². The smallest absolute Gasteiger partial charge is 0.319 e. The van der Waals surface area contributed by atoms with Gasteiger partial charge in [-0.2, -0.15) is 4.31 Å². The number of amides is 2. The lowest BCUT2D eigenvalue weighted by atomic mass is 10.3. The third kappa shape index (κ3) is 5.11. The van der Waals surface area contributed by atoms with Crippen molar-refractivity contribution in [3.05, 3.63) is 24.0 Å². The number of morpholine rings is 1. The minimum Gasteiger partial charge on any atom is -0.481 e. The zero-order chi connectivity index (χ0) is 18.4. The third-order valence-electron chi connectivity index (χ3n) is 3.40. The molecular formula is C14H18FN3O6S. The minimum absolute atomic E-state index is 0.0704. The number of anilines is 1. The standard InChI is InChI=1S/C14H18FN3O6S/c15-11-2-1-10(17-14(21)16-4-3-13(19)20)9-12(11)25(22,23)18-5-7-24-8-6-18/h1-2,9H,3-8H2,(H,19,20)(H2,16,17,21). The number of urea groups is 1. The Balaban J connectivity index is 2.11. The van der Waals surface area contributed by atoms with Crippen molar-refractivity contribution in [1.82, 2.24) is 9.62 Å². The Labute approximate surface area is 143 Å². The van der Waals surface area contributed by atoms with Crippen LogP contribution in [0.2, 0.25) is 0 Å². The topological polar surface area (TPSA) is 125 Å². The van der Waals surface area contributed by atoms with E-state index in [0.717, 1.165) is 16.4 Å². The number of hydrogen-bond acceptors (Lipinski definition) is 5. The van der Waals surface area contributed by atoms with Crippen molar-refractivity contribution in [3.8, 4) is 0 Å². The number of carboxylic acids is 1. The van der Waals surface area contributed by atoms with E-state index in [0.29, 0.717) is 0 Å². The van der Waals surface area contributed by atoms with Crippen LogP contribution >= 0.6 is 0 Å². The molecule has 0 aliphatic carbocycles. The van der Waals surface area contributed by atoms with Gasteiger partial charge >= 0.3 is 12.0 Å². The summed E-state index contributed by atoms with van der Waals surface area (Å²) in [7, 11) is -4.05. The molecule has 1 heterocycles. The number of carboxylic acid groups (broad SMARTS) is 1. The van der Waals surface area contributed by atoms with Crippen molar-refractivity contribution in [3.63, 3.8) is 0 Å². The van der Waals surface area contributed by atoms with Gasteiger partial charge in [-0.3, -0.25) is 4.79 Å². The second-order valence-electron chi connectivity index (χ2n) is 5.19.